The van der Waals surface area contributed by atoms with Crippen molar-refractivity contribution in [1.82, 2.24) is 15.1 Å². The molecule has 2 saturated carbocycles. The molecule has 0 amide bonds. The van der Waals surface area contributed by atoms with E-state index in [0.717, 1.165) is 18.5 Å². The number of aromatic nitrogens is 2. The molecule has 0 unspecified atom stereocenters. The fourth-order valence-corrected chi connectivity index (χ4v) is 3.19. The van der Waals surface area contributed by atoms with Gasteiger partial charge >= 0.3 is 0 Å². The molecule has 20 heavy (non-hydrogen) atoms. The quantitative estimate of drug-likeness (QED) is 0.890. The summed E-state index contributed by atoms with van der Waals surface area (Å²) in [5.41, 5.74) is 4.17. The zero-order chi connectivity index (χ0) is 13.9. The van der Waals surface area contributed by atoms with E-state index in [1.807, 2.05) is 17.9 Å². The molecular formula is C17H27N3. The molecule has 0 saturated heterocycles. The fraction of sp³-hybridized carbons (Fsp3) is 0.706. The monoisotopic (exact) mass is 273 g/mol. The Morgan fingerprint density at radius 2 is 2.05 bits per heavy atom. The van der Waals surface area contributed by atoms with Crippen LogP contribution in [0.5, 0.6) is 0 Å². The number of nitrogens with zero attached hydrogens (tertiary/aromatic N) is 2. The van der Waals surface area contributed by atoms with Crippen LogP contribution in [0.1, 0.15) is 56.2 Å². The van der Waals surface area contributed by atoms with Gasteiger partial charge in [-0.05, 0) is 38.5 Å². The Bertz CT molecular complexity index is 476. The summed E-state index contributed by atoms with van der Waals surface area (Å²) in [6, 6.07) is 0.789. The summed E-state index contributed by atoms with van der Waals surface area (Å²) >= 11 is 0. The van der Waals surface area contributed by atoms with Gasteiger partial charge in [0.2, 0.25) is 0 Å². The Morgan fingerprint density at radius 3 is 2.65 bits per heavy atom. The third-order valence-electron chi connectivity index (χ3n) is 4.92. The molecule has 2 aliphatic carbocycles. The molecular weight excluding hydrogens is 246 g/mol. The lowest BCUT2D eigenvalue weighted by Crippen LogP contribution is -2.24. The van der Waals surface area contributed by atoms with Crippen LogP contribution in [0.25, 0.3) is 6.08 Å². The molecule has 1 N–H and O–H groups in total. The lowest BCUT2D eigenvalue weighted by atomic mass is 9.83. The molecule has 0 spiro atoms. The highest BCUT2D eigenvalue weighted by Gasteiger charge is 2.23. The van der Waals surface area contributed by atoms with Crippen LogP contribution in [0.4, 0.5) is 0 Å². The van der Waals surface area contributed by atoms with E-state index < -0.39 is 0 Å². The summed E-state index contributed by atoms with van der Waals surface area (Å²) in [6.07, 6.45) is 14.1. The van der Waals surface area contributed by atoms with E-state index in [9.17, 15) is 0 Å². The molecule has 0 bridgehead atoms. The number of hydrogen-bond donors (Lipinski definition) is 1. The van der Waals surface area contributed by atoms with E-state index in [4.69, 9.17) is 0 Å². The average molecular weight is 273 g/mol. The summed E-state index contributed by atoms with van der Waals surface area (Å²) in [6.45, 7) is 3.23. The summed E-state index contributed by atoms with van der Waals surface area (Å²) in [4.78, 5) is 0. The SMILES string of the molecule is Cc1c(/C=C(/CNC2CC2)C2CCCCC2)cnn1C. The van der Waals surface area contributed by atoms with Crippen LogP contribution in [-0.4, -0.2) is 22.4 Å². The van der Waals surface area contributed by atoms with Crippen molar-refractivity contribution in [2.75, 3.05) is 6.54 Å². The maximum absolute atomic E-state index is 4.37. The largest absolute Gasteiger partial charge is 0.310 e. The minimum atomic E-state index is 0.787. The number of aryl methyl sites for hydroxylation is 1. The summed E-state index contributed by atoms with van der Waals surface area (Å²) in [5, 5.41) is 8.08. The van der Waals surface area contributed by atoms with Crippen molar-refractivity contribution >= 4 is 6.08 Å². The second kappa shape index (κ2) is 6.13. The second-order valence-corrected chi connectivity index (χ2v) is 6.52. The second-order valence-electron chi connectivity index (χ2n) is 6.52. The van der Waals surface area contributed by atoms with Gasteiger partial charge in [-0.15, -0.1) is 0 Å². The minimum Gasteiger partial charge on any atom is -0.310 e. The zero-order valence-corrected chi connectivity index (χ0v) is 12.9. The molecule has 0 atom stereocenters. The molecule has 3 nitrogen and oxygen atoms in total. The van der Waals surface area contributed by atoms with Crippen LogP contribution in [0.3, 0.4) is 0 Å². The van der Waals surface area contributed by atoms with E-state index in [2.05, 4.69) is 23.4 Å². The Balaban J connectivity index is 1.76. The third kappa shape index (κ3) is 3.32. The zero-order valence-electron chi connectivity index (χ0n) is 12.9. The van der Waals surface area contributed by atoms with Gasteiger partial charge in [0.05, 0.1) is 6.20 Å². The van der Waals surface area contributed by atoms with E-state index in [-0.39, 0.29) is 0 Å². The Kier molecular flexibility index (Phi) is 4.25. The molecule has 1 aromatic heterocycles. The number of hydrogen-bond acceptors (Lipinski definition) is 2. The van der Waals surface area contributed by atoms with Gasteiger partial charge in [0, 0.05) is 30.9 Å². The molecule has 3 rings (SSSR count). The minimum absolute atomic E-state index is 0.787. The van der Waals surface area contributed by atoms with E-state index in [1.165, 1.54) is 56.2 Å². The molecule has 3 heteroatoms. The van der Waals surface area contributed by atoms with Gasteiger partial charge in [-0.2, -0.15) is 5.10 Å². The predicted molar refractivity (Wildman–Crippen MR) is 83.5 cm³/mol. The topological polar surface area (TPSA) is 29.9 Å². The van der Waals surface area contributed by atoms with Gasteiger partial charge in [-0.3, -0.25) is 4.68 Å². The molecule has 1 heterocycles. The molecule has 2 aliphatic rings. The van der Waals surface area contributed by atoms with Crippen LogP contribution in [0.15, 0.2) is 11.8 Å². The van der Waals surface area contributed by atoms with Gasteiger partial charge in [-0.25, -0.2) is 0 Å². The molecule has 2 fully saturated rings. The van der Waals surface area contributed by atoms with Crippen molar-refractivity contribution in [2.24, 2.45) is 13.0 Å². The highest BCUT2D eigenvalue weighted by molar-refractivity contribution is 5.55. The summed E-state index contributed by atoms with van der Waals surface area (Å²) in [5.74, 6) is 0.787. The van der Waals surface area contributed by atoms with Crippen molar-refractivity contribution in [3.63, 3.8) is 0 Å². The molecule has 110 valence electrons. The Labute approximate surface area is 122 Å². The van der Waals surface area contributed by atoms with Crippen molar-refractivity contribution < 1.29 is 0 Å². The first-order valence-corrected chi connectivity index (χ1v) is 8.16. The van der Waals surface area contributed by atoms with Crippen molar-refractivity contribution in [3.8, 4) is 0 Å². The molecule has 0 radical (unpaired) electrons. The van der Waals surface area contributed by atoms with Gasteiger partial charge in [0.1, 0.15) is 0 Å². The lowest BCUT2D eigenvalue weighted by molar-refractivity contribution is 0.396. The molecule has 1 aromatic rings. The smallest absolute Gasteiger partial charge is 0.0564 e. The van der Waals surface area contributed by atoms with Crippen LogP contribution in [-0.2, 0) is 7.05 Å². The standard InChI is InChI=1S/C17H27N3/c1-13-15(12-19-20(13)2)10-16(11-18-17-8-9-17)14-6-4-3-5-7-14/h10,12,14,17-18H,3-9,11H2,1-2H3/b16-10-. The van der Waals surface area contributed by atoms with Gasteiger partial charge in [0.15, 0.2) is 0 Å². The first-order valence-electron chi connectivity index (χ1n) is 8.16. The normalized spacial score (nSPS) is 21.4. The van der Waals surface area contributed by atoms with Gasteiger partial charge < -0.3 is 5.32 Å². The van der Waals surface area contributed by atoms with Gasteiger partial charge in [-0.1, -0.05) is 30.9 Å². The van der Waals surface area contributed by atoms with Crippen LogP contribution in [0.2, 0.25) is 0 Å². The highest BCUT2D eigenvalue weighted by atomic mass is 15.3. The maximum Gasteiger partial charge on any atom is 0.0564 e. The van der Waals surface area contributed by atoms with Crippen LogP contribution in [0, 0.1) is 12.8 Å². The van der Waals surface area contributed by atoms with Crippen molar-refractivity contribution in [3.05, 3.63) is 23.0 Å². The molecule has 0 aliphatic heterocycles. The van der Waals surface area contributed by atoms with E-state index in [0.29, 0.717) is 0 Å². The van der Waals surface area contributed by atoms with E-state index >= 15 is 0 Å². The fourth-order valence-electron chi connectivity index (χ4n) is 3.19. The predicted octanol–water partition coefficient (Wildman–Crippen LogP) is 3.44. The van der Waals surface area contributed by atoms with E-state index in [1.54, 1.807) is 5.57 Å². The maximum atomic E-state index is 4.37. The van der Waals surface area contributed by atoms with Crippen molar-refractivity contribution in [1.29, 1.82) is 0 Å². The number of nitrogens with one attached hydrogen (secondary N) is 1. The van der Waals surface area contributed by atoms with Crippen molar-refractivity contribution in [2.45, 2.75) is 57.9 Å². The summed E-state index contributed by atoms with van der Waals surface area (Å²) in [7, 11) is 2.02. The Hall–Kier alpha value is -1.09. The van der Waals surface area contributed by atoms with Crippen LogP contribution < -0.4 is 5.32 Å². The molecule has 0 aromatic carbocycles. The van der Waals surface area contributed by atoms with Gasteiger partial charge in [0.25, 0.3) is 0 Å². The first kappa shape index (κ1) is 13.9. The average Bonchev–Trinajstić information content (AvgIpc) is 3.25. The third-order valence-corrected chi connectivity index (χ3v) is 4.92. The first-order chi connectivity index (χ1) is 9.74. The lowest BCUT2D eigenvalue weighted by Gasteiger charge is -2.25. The highest BCUT2D eigenvalue weighted by Crippen LogP contribution is 2.31. The Morgan fingerprint density at radius 1 is 1.30 bits per heavy atom. The number of rotatable bonds is 5. The van der Waals surface area contributed by atoms with Crippen LogP contribution >= 0.6 is 0 Å². The summed E-state index contributed by atoms with van der Waals surface area (Å²) < 4.78 is 1.97.